The zero-order valence-corrected chi connectivity index (χ0v) is 12.5. The van der Waals surface area contributed by atoms with Crippen molar-refractivity contribution in [1.29, 1.82) is 0 Å². The van der Waals surface area contributed by atoms with E-state index in [1.807, 2.05) is 42.5 Å². The molecule has 0 saturated heterocycles. The third-order valence-electron chi connectivity index (χ3n) is 3.18. The van der Waals surface area contributed by atoms with Crippen molar-refractivity contribution in [1.82, 2.24) is 0 Å². The molecule has 0 saturated carbocycles. The van der Waals surface area contributed by atoms with Crippen LogP contribution in [-0.2, 0) is 11.2 Å². The number of thiocarbonyl (C=S) groups is 1. The Labute approximate surface area is 130 Å². The van der Waals surface area contributed by atoms with Crippen LogP contribution in [0.25, 0.3) is 0 Å². The van der Waals surface area contributed by atoms with Crippen LogP contribution in [0.2, 0.25) is 0 Å². The normalized spacial score (nSPS) is 10.1. The van der Waals surface area contributed by atoms with Crippen LogP contribution in [0.5, 0.6) is 0 Å². The van der Waals surface area contributed by atoms with Crippen molar-refractivity contribution in [2.45, 2.75) is 19.3 Å². The molecule has 0 radical (unpaired) electrons. The second-order valence-electron chi connectivity index (χ2n) is 4.80. The molecule has 2 rings (SSSR count). The number of aryl methyl sites for hydroxylation is 1. The first-order chi connectivity index (χ1) is 10.2. The number of hydrogen-bond acceptors (Lipinski definition) is 2. The number of carbonyl (C=O) groups is 1. The molecule has 0 heterocycles. The van der Waals surface area contributed by atoms with Gasteiger partial charge in [-0.15, -0.1) is 0 Å². The smallest absolute Gasteiger partial charge is 0.224 e. The number of hydrogen-bond donors (Lipinski definition) is 2. The lowest BCUT2D eigenvalue weighted by Gasteiger charge is -2.09. The second-order valence-corrected chi connectivity index (χ2v) is 5.24. The number of para-hydroxylation sites is 1. The van der Waals surface area contributed by atoms with Gasteiger partial charge < -0.3 is 11.1 Å². The molecule has 2 aromatic rings. The molecular weight excluding hydrogens is 280 g/mol. The van der Waals surface area contributed by atoms with E-state index in [2.05, 4.69) is 17.4 Å². The average Bonchev–Trinajstić information content (AvgIpc) is 2.48. The Morgan fingerprint density at radius 2 is 1.71 bits per heavy atom. The Bertz CT molecular complexity index is 626. The molecular formula is C17H18N2OS. The Balaban J connectivity index is 1.86. The standard InChI is InChI=1S/C17H18N2OS/c18-17(21)14-10-4-5-11-15(14)19-16(20)12-6-9-13-7-2-1-3-8-13/h1-5,7-8,10-11H,6,9,12H2,(H2,18,21)(H,19,20). The molecule has 0 aliphatic heterocycles. The van der Waals surface area contributed by atoms with E-state index in [1.165, 1.54) is 5.56 Å². The molecule has 0 aromatic heterocycles. The lowest BCUT2D eigenvalue weighted by molar-refractivity contribution is -0.116. The summed E-state index contributed by atoms with van der Waals surface area (Å²) in [5.41, 5.74) is 8.26. The zero-order valence-electron chi connectivity index (χ0n) is 11.7. The molecule has 3 N–H and O–H groups in total. The van der Waals surface area contributed by atoms with Gasteiger partial charge in [0.2, 0.25) is 5.91 Å². The molecule has 108 valence electrons. The molecule has 0 bridgehead atoms. The predicted molar refractivity (Wildman–Crippen MR) is 90.3 cm³/mol. The van der Waals surface area contributed by atoms with Crippen molar-refractivity contribution in [3.63, 3.8) is 0 Å². The van der Waals surface area contributed by atoms with Crippen LogP contribution in [0.1, 0.15) is 24.0 Å². The van der Waals surface area contributed by atoms with Gasteiger partial charge in [-0.1, -0.05) is 54.7 Å². The molecule has 2 aromatic carbocycles. The largest absolute Gasteiger partial charge is 0.389 e. The van der Waals surface area contributed by atoms with E-state index in [0.717, 1.165) is 12.8 Å². The van der Waals surface area contributed by atoms with Crippen molar-refractivity contribution in [3.8, 4) is 0 Å². The van der Waals surface area contributed by atoms with Gasteiger partial charge in [-0.3, -0.25) is 4.79 Å². The van der Waals surface area contributed by atoms with E-state index in [9.17, 15) is 4.79 Å². The van der Waals surface area contributed by atoms with E-state index in [1.54, 1.807) is 0 Å². The summed E-state index contributed by atoms with van der Waals surface area (Å²) in [4.78, 5) is 12.3. The van der Waals surface area contributed by atoms with Crippen LogP contribution >= 0.6 is 12.2 Å². The SMILES string of the molecule is NC(=S)c1ccccc1NC(=O)CCCc1ccccc1. The summed E-state index contributed by atoms with van der Waals surface area (Å²) in [6.45, 7) is 0. The quantitative estimate of drug-likeness (QED) is 0.805. The van der Waals surface area contributed by atoms with E-state index in [0.29, 0.717) is 17.7 Å². The molecule has 0 aliphatic rings. The highest BCUT2D eigenvalue weighted by Gasteiger charge is 2.08. The minimum Gasteiger partial charge on any atom is -0.389 e. The predicted octanol–water partition coefficient (Wildman–Crippen LogP) is 3.28. The molecule has 0 atom stereocenters. The van der Waals surface area contributed by atoms with Gasteiger partial charge in [-0.2, -0.15) is 0 Å². The van der Waals surface area contributed by atoms with Crippen LogP contribution < -0.4 is 11.1 Å². The van der Waals surface area contributed by atoms with Gasteiger partial charge in [0, 0.05) is 12.0 Å². The van der Waals surface area contributed by atoms with Crippen LogP contribution in [0.15, 0.2) is 54.6 Å². The number of nitrogens with two attached hydrogens (primary N) is 1. The monoisotopic (exact) mass is 298 g/mol. The molecule has 0 fully saturated rings. The fourth-order valence-electron chi connectivity index (χ4n) is 2.12. The zero-order chi connectivity index (χ0) is 15.1. The fourth-order valence-corrected chi connectivity index (χ4v) is 2.30. The maximum absolute atomic E-state index is 12.0. The van der Waals surface area contributed by atoms with Gasteiger partial charge in [0.05, 0.1) is 5.69 Å². The third kappa shape index (κ3) is 4.68. The van der Waals surface area contributed by atoms with E-state index >= 15 is 0 Å². The van der Waals surface area contributed by atoms with Gasteiger partial charge in [-0.05, 0) is 30.5 Å². The molecule has 0 spiro atoms. The van der Waals surface area contributed by atoms with Crippen LogP contribution in [0.4, 0.5) is 5.69 Å². The number of rotatable bonds is 6. The Morgan fingerprint density at radius 3 is 2.43 bits per heavy atom. The average molecular weight is 298 g/mol. The summed E-state index contributed by atoms with van der Waals surface area (Å²) in [5, 5.41) is 2.87. The number of amides is 1. The Kier molecular flexibility index (Phi) is 5.46. The summed E-state index contributed by atoms with van der Waals surface area (Å²) in [6.07, 6.45) is 2.18. The highest BCUT2D eigenvalue weighted by atomic mass is 32.1. The first-order valence-corrected chi connectivity index (χ1v) is 7.30. The minimum absolute atomic E-state index is 0.0189. The van der Waals surface area contributed by atoms with Gasteiger partial charge in [0.15, 0.2) is 0 Å². The Morgan fingerprint density at radius 1 is 1.05 bits per heavy atom. The maximum atomic E-state index is 12.0. The number of carbonyl (C=O) groups excluding carboxylic acids is 1. The highest BCUT2D eigenvalue weighted by molar-refractivity contribution is 7.80. The maximum Gasteiger partial charge on any atom is 0.224 e. The molecule has 4 heteroatoms. The highest BCUT2D eigenvalue weighted by Crippen LogP contribution is 2.15. The first kappa shape index (κ1) is 15.2. The lowest BCUT2D eigenvalue weighted by Crippen LogP contribution is -2.17. The summed E-state index contributed by atoms with van der Waals surface area (Å²) in [5.74, 6) is -0.0189. The Hall–Kier alpha value is -2.20. The fraction of sp³-hybridized carbons (Fsp3) is 0.176. The molecule has 0 aliphatic carbocycles. The number of nitrogens with one attached hydrogen (secondary N) is 1. The molecule has 3 nitrogen and oxygen atoms in total. The van der Waals surface area contributed by atoms with Gasteiger partial charge in [0.1, 0.15) is 4.99 Å². The first-order valence-electron chi connectivity index (χ1n) is 6.89. The summed E-state index contributed by atoms with van der Waals surface area (Å²) in [7, 11) is 0. The second kappa shape index (κ2) is 7.55. The van der Waals surface area contributed by atoms with E-state index < -0.39 is 0 Å². The van der Waals surface area contributed by atoms with Crippen LogP contribution in [-0.4, -0.2) is 10.9 Å². The van der Waals surface area contributed by atoms with Crippen molar-refractivity contribution in [3.05, 3.63) is 65.7 Å². The lowest BCUT2D eigenvalue weighted by atomic mass is 10.1. The van der Waals surface area contributed by atoms with E-state index in [-0.39, 0.29) is 10.9 Å². The molecule has 21 heavy (non-hydrogen) atoms. The molecule has 1 amide bonds. The topological polar surface area (TPSA) is 55.1 Å². The summed E-state index contributed by atoms with van der Waals surface area (Å²) >= 11 is 4.98. The van der Waals surface area contributed by atoms with Crippen LogP contribution in [0.3, 0.4) is 0 Å². The van der Waals surface area contributed by atoms with Gasteiger partial charge >= 0.3 is 0 Å². The van der Waals surface area contributed by atoms with Crippen molar-refractivity contribution in [2.24, 2.45) is 5.73 Å². The van der Waals surface area contributed by atoms with Crippen molar-refractivity contribution < 1.29 is 4.79 Å². The minimum atomic E-state index is -0.0189. The van der Waals surface area contributed by atoms with Crippen LogP contribution in [0, 0.1) is 0 Å². The third-order valence-corrected chi connectivity index (χ3v) is 3.40. The van der Waals surface area contributed by atoms with Crippen molar-refractivity contribution in [2.75, 3.05) is 5.32 Å². The van der Waals surface area contributed by atoms with Crippen molar-refractivity contribution >= 4 is 28.8 Å². The van der Waals surface area contributed by atoms with Gasteiger partial charge in [-0.25, -0.2) is 0 Å². The number of anilines is 1. The van der Waals surface area contributed by atoms with E-state index in [4.69, 9.17) is 18.0 Å². The molecule has 0 unspecified atom stereocenters. The summed E-state index contributed by atoms with van der Waals surface area (Å²) < 4.78 is 0. The number of benzene rings is 2. The van der Waals surface area contributed by atoms with Gasteiger partial charge in [0.25, 0.3) is 0 Å². The summed E-state index contributed by atoms with van der Waals surface area (Å²) in [6, 6.07) is 17.5.